The van der Waals surface area contributed by atoms with Crippen LogP contribution in [0.15, 0.2) is 30.3 Å². The van der Waals surface area contributed by atoms with Crippen LogP contribution < -0.4 is 16.8 Å². The lowest BCUT2D eigenvalue weighted by molar-refractivity contribution is 0.0985. The van der Waals surface area contributed by atoms with Crippen LogP contribution >= 0.6 is 22.6 Å². The summed E-state index contributed by atoms with van der Waals surface area (Å²) in [6.45, 7) is 1.99. The van der Waals surface area contributed by atoms with Crippen molar-refractivity contribution in [3.63, 3.8) is 0 Å². The van der Waals surface area contributed by atoms with Crippen LogP contribution in [0.5, 0.6) is 0 Å². The first kappa shape index (κ1) is 12.9. The van der Waals surface area contributed by atoms with Gasteiger partial charge in [0, 0.05) is 0 Å². The smallest absolute Gasteiger partial charge is 0.157 e. The first-order valence-electron chi connectivity index (χ1n) is 4.80. The zero-order valence-electron chi connectivity index (χ0n) is 8.57. The molecule has 0 radical (unpaired) electrons. The zero-order valence-corrected chi connectivity index (χ0v) is 10.7. The number of nitrogens with two attached hydrogens (primary N) is 1. The highest BCUT2D eigenvalue weighted by Crippen LogP contribution is 2.33. The highest BCUT2D eigenvalue weighted by atomic mass is 127. The van der Waals surface area contributed by atoms with E-state index in [0.717, 1.165) is 12.0 Å². The van der Waals surface area contributed by atoms with E-state index in [1.54, 1.807) is 0 Å². The highest BCUT2D eigenvalue weighted by molar-refractivity contribution is 14.1. The number of benzene rings is 1. The summed E-state index contributed by atoms with van der Waals surface area (Å²) in [5.74, 6) is 5.20. The second-order valence-corrected chi connectivity index (χ2v) is 4.93. The van der Waals surface area contributed by atoms with Gasteiger partial charge in [-0.25, -0.2) is 5.43 Å². The van der Waals surface area contributed by atoms with Gasteiger partial charge in [0.1, 0.15) is 0 Å². The highest BCUT2D eigenvalue weighted by Gasteiger charge is 2.34. The number of alkyl halides is 1. The van der Waals surface area contributed by atoms with Crippen molar-refractivity contribution in [2.75, 3.05) is 0 Å². The van der Waals surface area contributed by atoms with Crippen LogP contribution in [0.1, 0.15) is 18.9 Å². The largest absolute Gasteiger partial charge is 0.374 e. The van der Waals surface area contributed by atoms with E-state index in [1.807, 2.05) is 59.8 Å². The van der Waals surface area contributed by atoms with Crippen molar-refractivity contribution in [1.82, 2.24) is 11.0 Å². The third-order valence-electron chi connectivity index (χ3n) is 2.31. The molecule has 0 fully saturated rings. The first-order valence-corrected chi connectivity index (χ1v) is 5.88. The minimum atomic E-state index is -0.972. The second-order valence-electron chi connectivity index (χ2n) is 3.29. The maximum absolute atomic E-state index is 10.4. The number of aliphatic hydroxyl groups is 1. The molecule has 0 saturated heterocycles. The van der Waals surface area contributed by atoms with Gasteiger partial charge in [-0.1, -0.05) is 37.3 Å². The summed E-state index contributed by atoms with van der Waals surface area (Å²) in [5.41, 5.74) is 6.08. The van der Waals surface area contributed by atoms with Gasteiger partial charge in [0.05, 0.1) is 6.04 Å². The molecule has 2 atom stereocenters. The summed E-state index contributed by atoms with van der Waals surface area (Å²) in [7, 11) is 0. The quantitative estimate of drug-likeness (QED) is 0.283. The zero-order chi connectivity index (χ0) is 11.3. The molecule has 0 aromatic heterocycles. The predicted octanol–water partition coefficient (Wildman–Crippen LogP) is 1.01. The van der Waals surface area contributed by atoms with E-state index in [2.05, 4.69) is 11.0 Å². The molecule has 1 aromatic rings. The lowest BCUT2D eigenvalue weighted by Gasteiger charge is -2.31. The van der Waals surface area contributed by atoms with Gasteiger partial charge in [0.25, 0.3) is 0 Å². The Morgan fingerprint density at radius 1 is 1.47 bits per heavy atom. The number of hydrazine groups is 2. The number of halogens is 1. The van der Waals surface area contributed by atoms with Crippen LogP contribution in [-0.4, -0.2) is 11.1 Å². The molecule has 5 heteroatoms. The summed E-state index contributed by atoms with van der Waals surface area (Å²) in [4.78, 5) is 0. The maximum Gasteiger partial charge on any atom is 0.157 e. The van der Waals surface area contributed by atoms with E-state index in [0.29, 0.717) is 0 Å². The number of hydrogen-bond donors (Lipinski definition) is 4. The maximum atomic E-state index is 10.4. The Balaban J connectivity index is 2.89. The SMILES string of the molecule is CCC(NNN)C(O)(I)c1ccccc1. The molecular formula is C10H16IN3O. The molecule has 5 N–H and O–H groups in total. The molecule has 1 aromatic carbocycles. The van der Waals surface area contributed by atoms with Gasteiger partial charge in [0.2, 0.25) is 0 Å². The van der Waals surface area contributed by atoms with Gasteiger partial charge in [0.15, 0.2) is 3.61 Å². The average Bonchev–Trinajstić information content (AvgIpc) is 2.27. The van der Waals surface area contributed by atoms with Crippen molar-refractivity contribution in [3.05, 3.63) is 35.9 Å². The van der Waals surface area contributed by atoms with Crippen LogP contribution in [-0.2, 0) is 3.61 Å². The van der Waals surface area contributed by atoms with Crippen molar-refractivity contribution in [2.24, 2.45) is 5.84 Å². The van der Waals surface area contributed by atoms with Gasteiger partial charge in [-0.05, 0) is 34.6 Å². The fourth-order valence-corrected chi connectivity index (χ4v) is 2.40. The van der Waals surface area contributed by atoms with Crippen LogP contribution in [0, 0.1) is 0 Å². The molecule has 0 bridgehead atoms. The number of hydrogen-bond acceptors (Lipinski definition) is 4. The fraction of sp³-hybridized carbons (Fsp3) is 0.400. The second kappa shape index (κ2) is 5.76. The predicted molar refractivity (Wildman–Crippen MR) is 68.9 cm³/mol. The molecule has 1 rings (SSSR count). The van der Waals surface area contributed by atoms with Crippen LogP contribution in [0.3, 0.4) is 0 Å². The summed E-state index contributed by atoms with van der Waals surface area (Å²) in [5, 5.41) is 10.4. The Morgan fingerprint density at radius 3 is 2.53 bits per heavy atom. The van der Waals surface area contributed by atoms with E-state index in [-0.39, 0.29) is 6.04 Å². The molecule has 0 aliphatic heterocycles. The standard InChI is InChI=1S/C10H16IN3O/c1-2-9(13-14-12)10(11,15)8-6-4-3-5-7-8/h3-7,9,13-15H,2,12H2,1H3. The molecule has 0 aliphatic carbocycles. The normalized spacial score (nSPS) is 17.1. The number of rotatable bonds is 5. The van der Waals surface area contributed by atoms with E-state index in [4.69, 9.17) is 5.84 Å². The van der Waals surface area contributed by atoms with Crippen molar-refractivity contribution in [2.45, 2.75) is 23.0 Å². The minimum absolute atomic E-state index is 0.148. The molecule has 4 nitrogen and oxygen atoms in total. The van der Waals surface area contributed by atoms with Gasteiger partial charge in [-0.3, -0.25) is 5.84 Å². The van der Waals surface area contributed by atoms with Gasteiger partial charge in [-0.2, -0.15) is 5.53 Å². The molecule has 0 heterocycles. The molecule has 2 unspecified atom stereocenters. The van der Waals surface area contributed by atoms with Crippen molar-refractivity contribution in [3.8, 4) is 0 Å². The average molecular weight is 321 g/mol. The van der Waals surface area contributed by atoms with Crippen LogP contribution in [0.2, 0.25) is 0 Å². The lowest BCUT2D eigenvalue weighted by Crippen LogP contribution is -2.52. The van der Waals surface area contributed by atoms with E-state index >= 15 is 0 Å². The Hall–Kier alpha value is -0.210. The van der Waals surface area contributed by atoms with Gasteiger partial charge in [-0.15, -0.1) is 0 Å². The first-order chi connectivity index (χ1) is 7.12. The summed E-state index contributed by atoms with van der Waals surface area (Å²) in [6.07, 6.45) is 0.762. The molecular weight excluding hydrogens is 305 g/mol. The molecule has 15 heavy (non-hydrogen) atoms. The third-order valence-corrected chi connectivity index (χ3v) is 3.68. The van der Waals surface area contributed by atoms with Crippen LogP contribution in [0.25, 0.3) is 0 Å². The minimum Gasteiger partial charge on any atom is -0.374 e. The third kappa shape index (κ3) is 3.12. The van der Waals surface area contributed by atoms with Crippen molar-refractivity contribution < 1.29 is 5.11 Å². The molecule has 0 spiro atoms. The monoisotopic (exact) mass is 321 g/mol. The van der Waals surface area contributed by atoms with E-state index in [9.17, 15) is 5.11 Å². The van der Waals surface area contributed by atoms with E-state index < -0.39 is 3.61 Å². The summed E-state index contributed by atoms with van der Waals surface area (Å²) in [6, 6.07) is 9.38. The Kier molecular flexibility index (Phi) is 4.94. The van der Waals surface area contributed by atoms with Crippen molar-refractivity contribution >= 4 is 22.6 Å². The van der Waals surface area contributed by atoms with Crippen molar-refractivity contribution in [1.29, 1.82) is 0 Å². The Bertz CT molecular complexity index is 292. The lowest BCUT2D eigenvalue weighted by atomic mass is 10.0. The van der Waals surface area contributed by atoms with E-state index in [1.165, 1.54) is 0 Å². The Labute approximate surface area is 103 Å². The fourth-order valence-electron chi connectivity index (χ4n) is 1.44. The molecule has 0 saturated carbocycles. The molecule has 0 aliphatic rings. The molecule has 84 valence electrons. The van der Waals surface area contributed by atoms with Gasteiger partial charge >= 0.3 is 0 Å². The van der Waals surface area contributed by atoms with Gasteiger partial charge < -0.3 is 5.11 Å². The topological polar surface area (TPSA) is 70.3 Å². The van der Waals surface area contributed by atoms with Crippen LogP contribution in [0.4, 0.5) is 0 Å². The Morgan fingerprint density at radius 2 is 2.07 bits per heavy atom. The number of nitrogens with one attached hydrogen (secondary N) is 2. The molecule has 0 amide bonds. The summed E-state index contributed by atoms with van der Waals surface area (Å²) >= 11 is 2.02. The summed E-state index contributed by atoms with van der Waals surface area (Å²) < 4.78 is -0.972.